The van der Waals surface area contributed by atoms with E-state index in [0.717, 1.165) is 8.58 Å². The Bertz CT molecular complexity index is 660. The second-order valence-corrected chi connectivity index (χ2v) is 7.39. The first-order chi connectivity index (χ1) is 16.0. The Morgan fingerprint density at radius 1 is 0.514 bits per heavy atom. The number of carbonyl (C=O) groups excluding carboxylic acids is 1. The predicted octanol–water partition coefficient (Wildman–Crippen LogP) is 4.86. The topological polar surface area (TPSA) is 96.7 Å². The summed E-state index contributed by atoms with van der Waals surface area (Å²) >= 11 is 0. The second kappa shape index (κ2) is 34.7. The standard InChI is InChI=1S/C12H11P.C10H15.CHO.4CO.2Fe/c1-3-7-11(8-4-1)13-12-9-5-2-6-10-12;1-6-7(2)9(4)10(5)8(6)3;5*1-2;;/h1-10,13H;1-5H3;1H;;;;;;/q;;-1;;;;;;+2. The Balaban J connectivity index is -0.0000000861. The summed E-state index contributed by atoms with van der Waals surface area (Å²) in [6.07, 6.45) is 0. The molecular formula is C27H27Fe2O5P+. The van der Waals surface area contributed by atoms with Gasteiger partial charge in [0.25, 0.3) is 0 Å². The summed E-state index contributed by atoms with van der Waals surface area (Å²) in [6.45, 7) is 32.2. The van der Waals surface area contributed by atoms with Crippen molar-refractivity contribution >= 4 is 26.0 Å². The van der Waals surface area contributed by atoms with Crippen molar-refractivity contribution in [2.45, 2.75) is 34.6 Å². The fraction of sp³-hybridized carbons (Fsp3) is 0.185. The quantitative estimate of drug-likeness (QED) is 0.166. The smallest absolute Gasteiger partial charge is 0.545 e. The van der Waals surface area contributed by atoms with Crippen LogP contribution in [0.1, 0.15) is 34.6 Å². The maximum atomic E-state index is 7.75. The molecule has 0 heterocycles. The maximum Gasteiger partial charge on any atom is 2.00 e. The summed E-state index contributed by atoms with van der Waals surface area (Å²) in [7, 11) is 0.777. The maximum absolute atomic E-state index is 7.75. The molecule has 2 aromatic rings. The van der Waals surface area contributed by atoms with Gasteiger partial charge in [-0.05, 0) is 40.2 Å². The Kier molecular flexibility index (Phi) is 46.4. The van der Waals surface area contributed by atoms with Crippen LogP contribution in [0.4, 0.5) is 0 Å². The molecule has 0 aliphatic heterocycles. The normalized spacial score (nSPS) is 12.1. The van der Waals surface area contributed by atoms with Gasteiger partial charge < -0.3 is 4.79 Å². The van der Waals surface area contributed by atoms with Gasteiger partial charge in [-0.25, -0.2) is 0 Å². The van der Waals surface area contributed by atoms with Gasteiger partial charge in [-0.1, -0.05) is 104 Å². The Hall–Kier alpha value is -1.46. The first-order valence-corrected chi connectivity index (χ1v) is 10.1. The minimum absolute atomic E-state index is 0. The minimum atomic E-state index is 0. The molecule has 0 amide bonds. The average Bonchev–Trinajstić information content (AvgIpc) is 3.09. The zero-order valence-corrected chi connectivity index (χ0v) is 23.3. The van der Waals surface area contributed by atoms with Gasteiger partial charge in [0.15, 0.2) is 0 Å². The van der Waals surface area contributed by atoms with Crippen LogP contribution < -0.4 is 10.6 Å². The van der Waals surface area contributed by atoms with E-state index in [9.17, 15) is 0 Å². The molecule has 1 aliphatic rings. The van der Waals surface area contributed by atoms with Crippen LogP contribution in [-0.2, 0) is 57.5 Å². The molecule has 0 N–H and O–H groups in total. The van der Waals surface area contributed by atoms with Gasteiger partial charge in [-0.15, -0.1) is 0 Å². The van der Waals surface area contributed by atoms with Crippen LogP contribution in [0.5, 0.6) is 0 Å². The van der Waals surface area contributed by atoms with Crippen LogP contribution in [0.3, 0.4) is 0 Å². The van der Waals surface area contributed by atoms with Gasteiger partial charge in [0.05, 0.1) is 0 Å². The van der Waals surface area contributed by atoms with Crippen LogP contribution in [0.15, 0.2) is 60.7 Å². The first-order valence-electron chi connectivity index (χ1n) is 9.12. The zero-order valence-electron chi connectivity index (χ0n) is 20.1. The number of rotatable bonds is 2. The molecule has 1 fully saturated rings. The van der Waals surface area contributed by atoms with Crippen LogP contribution in [0.25, 0.3) is 0 Å². The second-order valence-electron chi connectivity index (χ2n) is 5.98. The third kappa shape index (κ3) is 20.4. The average molecular weight is 574 g/mol. The van der Waals surface area contributed by atoms with E-state index in [1.165, 1.54) is 40.2 Å². The molecule has 3 rings (SSSR count). The van der Waals surface area contributed by atoms with Gasteiger partial charge in [-0.3, -0.25) is 6.79 Å². The summed E-state index contributed by atoms with van der Waals surface area (Å²) in [5, 5.41) is 2.79. The number of hydrogen-bond acceptors (Lipinski definition) is 1. The number of hydrogen-bond donors (Lipinski definition) is 0. The van der Waals surface area contributed by atoms with Gasteiger partial charge in [0.2, 0.25) is 0 Å². The SMILES string of the molecule is C[C]1[C](C)[C](C)[C](C)[C]1C.[C-]#[O+].[C-]#[O+].[C-]#[O+].[C-]#[O+].[CH-]=O.[Fe+2].[Fe].c1ccc(Pc2ccccc2)cc1. The van der Waals surface area contributed by atoms with Crippen LogP contribution in [0.2, 0.25) is 0 Å². The number of benzene rings is 2. The van der Waals surface area contributed by atoms with Gasteiger partial charge >= 0.3 is 62.3 Å². The van der Waals surface area contributed by atoms with E-state index in [1.807, 2.05) is 0 Å². The fourth-order valence-corrected chi connectivity index (χ4v) is 3.67. The van der Waals surface area contributed by atoms with Gasteiger partial charge in [0, 0.05) is 17.1 Å². The third-order valence-corrected chi connectivity index (χ3v) is 5.89. The Morgan fingerprint density at radius 3 is 0.857 bits per heavy atom. The molecule has 185 valence electrons. The summed E-state index contributed by atoms with van der Waals surface area (Å²) < 4.78 is 30.0. The van der Waals surface area contributed by atoms with Crippen molar-refractivity contribution in [1.29, 1.82) is 0 Å². The van der Waals surface area contributed by atoms with Crippen LogP contribution >= 0.6 is 8.58 Å². The molecule has 0 unspecified atom stereocenters. The van der Waals surface area contributed by atoms with E-state index >= 15 is 0 Å². The molecule has 5 nitrogen and oxygen atoms in total. The summed E-state index contributed by atoms with van der Waals surface area (Å²) in [4.78, 5) is 7.75. The van der Waals surface area contributed by atoms with Gasteiger partial charge in [-0.2, -0.15) is 0 Å². The molecule has 2 aromatic carbocycles. The molecular weight excluding hydrogens is 547 g/mol. The third-order valence-electron chi connectivity index (χ3n) is 4.65. The summed E-state index contributed by atoms with van der Waals surface area (Å²) in [5.41, 5.74) is 0. The molecule has 1 saturated carbocycles. The zero-order chi connectivity index (χ0) is 26.8. The monoisotopic (exact) mass is 574 g/mol. The molecule has 0 bridgehead atoms. The largest absolute Gasteiger partial charge is 2.00 e. The molecule has 0 spiro atoms. The van der Waals surface area contributed by atoms with E-state index < -0.39 is 0 Å². The van der Waals surface area contributed by atoms with E-state index in [1.54, 1.807) is 0 Å². The van der Waals surface area contributed by atoms with Crippen molar-refractivity contribution in [2.75, 3.05) is 0 Å². The van der Waals surface area contributed by atoms with E-state index in [-0.39, 0.29) is 34.1 Å². The summed E-state index contributed by atoms with van der Waals surface area (Å²) in [5.74, 6) is 7.34. The van der Waals surface area contributed by atoms with E-state index in [4.69, 9.17) is 23.4 Å². The van der Waals surface area contributed by atoms with Crippen molar-refractivity contribution in [3.63, 3.8) is 0 Å². The molecule has 5 radical (unpaired) electrons. The Labute approximate surface area is 234 Å². The van der Waals surface area contributed by atoms with E-state index in [0.29, 0.717) is 0 Å². The van der Waals surface area contributed by atoms with Crippen molar-refractivity contribution < 1.29 is 57.5 Å². The van der Waals surface area contributed by atoms with Crippen LogP contribution in [-0.4, -0.2) is 6.79 Å². The fourth-order valence-electron chi connectivity index (χ4n) is 2.62. The van der Waals surface area contributed by atoms with E-state index in [2.05, 4.69) is 129 Å². The van der Waals surface area contributed by atoms with Crippen LogP contribution in [0, 0.1) is 56.2 Å². The summed E-state index contributed by atoms with van der Waals surface area (Å²) in [6, 6.07) is 21.2. The molecule has 0 aromatic heterocycles. The molecule has 8 heteroatoms. The molecule has 1 aliphatic carbocycles. The molecule has 35 heavy (non-hydrogen) atoms. The predicted molar refractivity (Wildman–Crippen MR) is 128 cm³/mol. The first kappa shape index (κ1) is 46.8. The van der Waals surface area contributed by atoms with Crippen molar-refractivity contribution in [3.05, 3.63) is 117 Å². The molecule has 0 saturated heterocycles. The van der Waals surface area contributed by atoms with Crippen molar-refractivity contribution in [1.82, 2.24) is 0 Å². The Morgan fingerprint density at radius 2 is 0.686 bits per heavy atom. The van der Waals surface area contributed by atoms with Crippen molar-refractivity contribution in [3.8, 4) is 0 Å². The molecule has 0 atom stereocenters. The van der Waals surface area contributed by atoms with Gasteiger partial charge in [0.1, 0.15) is 0 Å². The van der Waals surface area contributed by atoms with Crippen molar-refractivity contribution in [2.24, 2.45) is 0 Å². The minimum Gasteiger partial charge on any atom is -0.545 e.